The molecule has 24 heavy (non-hydrogen) atoms. The average Bonchev–Trinajstić information content (AvgIpc) is 2.57. The molecule has 0 spiro atoms. The highest BCUT2D eigenvalue weighted by molar-refractivity contribution is 5.96. The van der Waals surface area contributed by atoms with Crippen LogP contribution in [0.1, 0.15) is 28.4 Å². The minimum atomic E-state index is -0.0437. The lowest BCUT2D eigenvalue weighted by Crippen LogP contribution is -2.34. The first-order valence-corrected chi connectivity index (χ1v) is 8.38. The number of hydrogen-bond acceptors (Lipinski definition) is 3. The first-order valence-electron chi connectivity index (χ1n) is 8.38. The molecule has 1 aliphatic rings. The number of aryl methyl sites for hydroxylation is 1. The first-order chi connectivity index (χ1) is 11.5. The SMILES string of the molecule is Cc1ccccc1CC(C)NC(=O)c1ccc2c(c1)N(C)CCO2. The fraction of sp³-hybridized carbons (Fsp3) is 0.350. The van der Waals surface area contributed by atoms with Gasteiger partial charge in [0.05, 0.1) is 12.2 Å². The van der Waals surface area contributed by atoms with E-state index in [4.69, 9.17) is 4.74 Å². The summed E-state index contributed by atoms with van der Waals surface area (Å²) in [5, 5.41) is 3.10. The quantitative estimate of drug-likeness (QED) is 0.939. The molecule has 1 unspecified atom stereocenters. The summed E-state index contributed by atoms with van der Waals surface area (Å²) in [5.41, 5.74) is 4.17. The Morgan fingerprint density at radius 1 is 1.29 bits per heavy atom. The number of carbonyl (C=O) groups is 1. The number of amides is 1. The van der Waals surface area contributed by atoms with Crippen molar-refractivity contribution in [3.8, 4) is 5.75 Å². The topological polar surface area (TPSA) is 41.6 Å². The van der Waals surface area contributed by atoms with Gasteiger partial charge in [-0.3, -0.25) is 4.79 Å². The lowest BCUT2D eigenvalue weighted by atomic mass is 10.0. The van der Waals surface area contributed by atoms with Gasteiger partial charge in [0.25, 0.3) is 5.91 Å². The standard InChI is InChI=1S/C20H24N2O2/c1-14-6-4-5-7-16(14)12-15(2)21-20(23)17-8-9-19-18(13-17)22(3)10-11-24-19/h4-9,13,15H,10-12H2,1-3H3,(H,21,23). The van der Waals surface area contributed by atoms with Crippen molar-refractivity contribution >= 4 is 11.6 Å². The van der Waals surface area contributed by atoms with Crippen LogP contribution in [-0.2, 0) is 6.42 Å². The van der Waals surface area contributed by atoms with Gasteiger partial charge >= 0.3 is 0 Å². The molecule has 1 aliphatic heterocycles. The van der Waals surface area contributed by atoms with Gasteiger partial charge in [-0.1, -0.05) is 24.3 Å². The third kappa shape index (κ3) is 3.53. The fourth-order valence-corrected chi connectivity index (χ4v) is 3.02. The van der Waals surface area contributed by atoms with E-state index in [0.717, 1.165) is 24.4 Å². The molecule has 2 aromatic carbocycles. The van der Waals surface area contributed by atoms with E-state index in [1.165, 1.54) is 11.1 Å². The van der Waals surface area contributed by atoms with Crippen molar-refractivity contribution in [2.24, 2.45) is 0 Å². The number of rotatable bonds is 4. The first kappa shape index (κ1) is 16.4. The molecule has 0 saturated heterocycles. The van der Waals surface area contributed by atoms with Crippen molar-refractivity contribution in [3.63, 3.8) is 0 Å². The van der Waals surface area contributed by atoms with Gasteiger partial charge in [-0.15, -0.1) is 0 Å². The van der Waals surface area contributed by atoms with Gasteiger partial charge in [-0.25, -0.2) is 0 Å². The molecule has 4 heteroatoms. The molecule has 0 aromatic heterocycles. The molecule has 1 atom stereocenters. The second-order valence-electron chi connectivity index (χ2n) is 6.46. The van der Waals surface area contributed by atoms with Crippen molar-refractivity contribution in [1.82, 2.24) is 5.32 Å². The van der Waals surface area contributed by atoms with Crippen LogP contribution in [0.2, 0.25) is 0 Å². The Labute approximate surface area is 143 Å². The van der Waals surface area contributed by atoms with Crippen LogP contribution in [0.4, 0.5) is 5.69 Å². The summed E-state index contributed by atoms with van der Waals surface area (Å²) in [6.07, 6.45) is 0.826. The fourth-order valence-electron chi connectivity index (χ4n) is 3.02. The largest absolute Gasteiger partial charge is 0.490 e. The molecule has 0 fully saturated rings. The normalized spacial score (nSPS) is 14.5. The maximum Gasteiger partial charge on any atom is 0.251 e. The number of carbonyl (C=O) groups excluding carboxylic acids is 1. The number of fused-ring (bicyclic) bond motifs is 1. The molecule has 1 heterocycles. The van der Waals surface area contributed by atoms with Crippen molar-refractivity contribution < 1.29 is 9.53 Å². The van der Waals surface area contributed by atoms with Crippen LogP contribution in [0.5, 0.6) is 5.75 Å². The third-order valence-electron chi connectivity index (χ3n) is 4.48. The monoisotopic (exact) mass is 324 g/mol. The summed E-state index contributed by atoms with van der Waals surface area (Å²) in [7, 11) is 2.02. The predicted octanol–water partition coefficient (Wildman–Crippen LogP) is 3.18. The van der Waals surface area contributed by atoms with E-state index >= 15 is 0 Å². The Bertz CT molecular complexity index is 742. The zero-order valence-electron chi connectivity index (χ0n) is 14.5. The van der Waals surface area contributed by atoms with Crippen molar-refractivity contribution in [3.05, 3.63) is 59.2 Å². The highest BCUT2D eigenvalue weighted by Gasteiger charge is 2.18. The zero-order valence-corrected chi connectivity index (χ0v) is 14.5. The van der Waals surface area contributed by atoms with Gasteiger partial charge in [-0.2, -0.15) is 0 Å². The molecule has 126 valence electrons. The summed E-state index contributed by atoms with van der Waals surface area (Å²) < 4.78 is 5.63. The maximum atomic E-state index is 12.6. The second-order valence-corrected chi connectivity index (χ2v) is 6.46. The van der Waals surface area contributed by atoms with E-state index in [9.17, 15) is 4.79 Å². The molecular formula is C20H24N2O2. The maximum absolute atomic E-state index is 12.6. The summed E-state index contributed by atoms with van der Waals surface area (Å²) in [4.78, 5) is 14.7. The van der Waals surface area contributed by atoms with Gasteiger partial charge in [0.1, 0.15) is 12.4 Å². The number of nitrogens with zero attached hydrogens (tertiary/aromatic N) is 1. The number of nitrogens with one attached hydrogen (secondary N) is 1. The molecule has 0 aliphatic carbocycles. The number of hydrogen-bond donors (Lipinski definition) is 1. The number of likely N-dealkylation sites (N-methyl/N-ethyl adjacent to an activating group) is 1. The second kappa shape index (κ2) is 6.95. The molecule has 3 rings (SSSR count). The third-order valence-corrected chi connectivity index (χ3v) is 4.48. The number of ether oxygens (including phenoxy) is 1. The van der Waals surface area contributed by atoms with Crippen LogP contribution >= 0.6 is 0 Å². The van der Waals surface area contributed by atoms with Crippen LogP contribution in [0.3, 0.4) is 0 Å². The molecule has 0 radical (unpaired) electrons. The lowest BCUT2D eigenvalue weighted by Gasteiger charge is -2.28. The average molecular weight is 324 g/mol. The molecule has 1 N–H and O–H groups in total. The van der Waals surface area contributed by atoms with Crippen molar-refractivity contribution in [2.45, 2.75) is 26.3 Å². The zero-order chi connectivity index (χ0) is 17.1. The highest BCUT2D eigenvalue weighted by atomic mass is 16.5. The van der Waals surface area contributed by atoms with Crippen LogP contribution in [0.15, 0.2) is 42.5 Å². The Kier molecular flexibility index (Phi) is 4.74. The van der Waals surface area contributed by atoms with E-state index < -0.39 is 0 Å². The molecule has 4 nitrogen and oxygen atoms in total. The summed E-state index contributed by atoms with van der Waals surface area (Å²) in [6.45, 7) is 5.66. The minimum absolute atomic E-state index is 0.0437. The Morgan fingerprint density at radius 2 is 2.08 bits per heavy atom. The predicted molar refractivity (Wildman–Crippen MR) is 97.0 cm³/mol. The minimum Gasteiger partial charge on any atom is -0.490 e. The Balaban J connectivity index is 1.68. The molecule has 0 bridgehead atoms. The number of benzene rings is 2. The number of anilines is 1. The molecule has 2 aromatic rings. The van der Waals surface area contributed by atoms with Crippen molar-refractivity contribution in [1.29, 1.82) is 0 Å². The highest BCUT2D eigenvalue weighted by Crippen LogP contribution is 2.31. The molecule has 0 saturated carbocycles. The smallest absolute Gasteiger partial charge is 0.251 e. The summed E-state index contributed by atoms with van der Waals surface area (Å²) >= 11 is 0. The van der Waals surface area contributed by atoms with Gasteiger partial charge in [-0.05, 0) is 49.6 Å². The van der Waals surface area contributed by atoms with Gasteiger partial charge in [0, 0.05) is 18.7 Å². The van der Waals surface area contributed by atoms with Crippen LogP contribution in [0, 0.1) is 6.92 Å². The van der Waals surface area contributed by atoms with Gasteiger partial charge in [0.15, 0.2) is 0 Å². The lowest BCUT2D eigenvalue weighted by molar-refractivity contribution is 0.0940. The Hall–Kier alpha value is -2.49. The van der Waals surface area contributed by atoms with E-state index in [0.29, 0.717) is 12.2 Å². The van der Waals surface area contributed by atoms with Gasteiger partial charge < -0.3 is 15.0 Å². The Morgan fingerprint density at radius 3 is 2.88 bits per heavy atom. The summed E-state index contributed by atoms with van der Waals surface area (Å²) in [5.74, 6) is 0.797. The van der Waals surface area contributed by atoms with Gasteiger partial charge in [0.2, 0.25) is 0 Å². The van der Waals surface area contributed by atoms with E-state index in [1.54, 1.807) is 0 Å². The molecule has 1 amide bonds. The summed E-state index contributed by atoms with van der Waals surface area (Å²) in [6, 6.07) is 14.0. The molecular weight excluding hydrogens is 300 g/mol. The van der Waals surface area contributed by atoms with E-state index in [1.807, 2.05) is 44.3 Å². The van der Waals surface area contributed by atoms with E-state index in [2.05, 4.69) is 29.3 Å². The van der Waals surface area contributed by atoms with Crippen LogP contribution in [0.25, 0.3) is 0 Å². The van der Waals surface area contributed by atoms with Crippen molar-refractivity contribution in [2.75, 3.05) is 25.1 Å². The van der Waals surface area contributed by atoms with E-state index in [-0.39, 0.29) is 11.9 Å². The van der Waals surface area contributed by atoms with Crippen LogP contribution in [-0.4, -0.2) is 32.1 Å². The van der Waals surface area contributed by atoms with Crippen LogP contribution < -0.4 is 15.0 Å².